The van der Waals surface area contributed by atoms with Gasteiger partial charge in [-0.1, -0.05) is 56.3 Å². The van der Waals surface area contributed by atoms with Gasteiger partial charge in [-0.3, -0.25) is 4.90 Å². The highest BCUT2D eigenvalue weighted by Gasteiger charge is 2.22. The minimum Gasteiger partial charge on any atom is -0.299 e. The van der Waals surface area contributed by atoms with Crippen LogP contribution in [0.5, 0.6) is 0 Å². The van der Waals surface area contributed by atoms with Crippen LogP contribution in [0.25, 0.3) is 10.8 Å². The molecule has 3 rings (SSSR count). The Hall–Kier alpha value is -1.34. The van der Waals surface area contributed by atoms with Gasteiger partial charge in [-0.05, 0) is 47.6 Å². The van der Waals surface area contributed by atoms with Gasteiger partial charge in [0.2, 0.25) is 0 Å². The first-order chi connectivity index (χ1) is 9.74. The average Bonchev–Trinajstić information content (AvgIpc) is 2.48. The Balaban J connectivity index is 1.79. The zero-order valence-corrected chi connectivity index (χ0v) is 12.7. The molecule has 0 aliphatic carbocycles. The summed E-state index contributed by atoms with van der Waals surface area (Å²) in [5.41, 5.74) is 1.48. The van der Waals surface area contributed by atoms with E-state index in [1.807, 2.05) is 0 Å². The number of likely N-dealkylation sites (tertiary alicyclic amines) is 1. The predicted molar refractivity (Wildman–Crippen MR) is 86.8 cm³/mol. The van der Waals surface area contributed by atoms with Crippen LogP contribution in [0, 0.1) is 11.8 Å². The average molecular weight is 267 g/mol. The smallest absolute Gasteiger partial charge is 0.0240 e. The number of hydrogen-bond donors (Lipinski definition) is 0. The maximum absolute atomic E-state index is 2.65. The van der Waals surface area contributed by atoms with E-state index in [1.165, 1.54) is 42.3 Å². The number of rotatable bonds is 3. The molecule has 1 heteroatoms. The van der Waals surface area contributed by atoms with E-state index in [4.69, 9.17) is 0 Å². The molecule has 2 aromatic rings. The fraction of sp³-hybridized carbons (Fsp3) is 0.474. The molecule has 1 fully saturated rings. The summed E-state index contributed by atoms with van der Waals surface area (Å²) in [4.78, 5) is 2.65. The second kappa shape index (κ2) is 5.97. The lowest BCUT2D eigenvalue weighted by Gasteiger charge is -2.35. The molecule has 1 nitrogen and oxygen atoms in total. The van der Waals surface area contributed by atoms with Crippen LogP contribution >= 0.6 is 0 Å². The van der Waals surface area contributed by atoms with Gasteiger partial charge in [0.15, 0.2) is 0 Å². The Morgan fingerprint density at radius 2 is 1.90 bits per heavy atom. The SMILES string of the molecule is CC(C)[C@@H]1CCCN(Cc2cccc3ccccc23)C1. The Kier molecular flexibility index (Phi) is 4.07. The first-order valence-corrected chi connectivity index (χ1v) is 7.93. The van der Waals surface area contributed by atoms with E-state index in [2.05, 4.69) is 61.2 Å². The topological polar surface area (TPSA) is 3.24 Å². The number of piperidine rings is 1. The van der Waals surface area contributed by atoms with Crippen LogP contribution in [0.15, 0.2) is 42.5 Å². The summed E-state index contributed by atoms with van der Waals surface area (Å²) < 4.78 is 0. The molecule has 1 heterocycles. The van der Waals surface area contributed by atoms with E-state index in [9.17, 15) is 0 Å². The molecule has 1 aliphatic heterocycles. The highest BCUT2D eigenvalue weighted by Crippen LogP contribution is 2.26. The number of hydrogen-bond acceptors (Lipinski definition) is 1. The van der Waals surface area contributed by atoms with E-state index in [1.54, 1.807) is 0 Å². The molecule has 0 radical (unpaired) electrons. The first-order valence-electron chi connectivity index (χ1n) is 7.93. The van der Waals surface area contributed by atoms with Gasteiger partial charge < -0.3 is 0 Å². The van der Waals surface area contributed by atoms with Crippen LogP contribution in [0.4, 0.5) is 0 Å². The summed E-state index contributed by atoms with van der Waals surface area (Å²) in [5, 5.41) is 2.78. The van der Waals surface area contributed by atoms with Crippen molar-refractivity contribution < 1.29 is 0 Å². The lowest BCUT2D eigenvalue weighted by Crippen LogP contribution is -2.36. The lowest BCUT2D eigenvalue weighted by atomic mass is 9.87. The van der Waals surface area contributed by atoms with Crippen molar-refractivity contribution in [1.82, 2.24) is 4.90 Å². The third kappa shape index (κ3) is 2.88. The van der Waals surface area contributed by atoms with Gasteiger partial charge in [-0.15, -0.1) is 0 Å². The molecule has 1 saturated heterocycles. The van der Waals surface area contributed by atoms with Crippen molar-refractivity contribution in [1.29, 1.82) is 0 Å². The molecule has 0 unspecified atom stereocenters. The van der Waals surface area contributed by atoms with E-state index >= 15 is 0 Å². The molecule has 106 valence electrons. The summed E-state index contributed by atoms with van der Waals surface area (Å²) in [5.74, 6) is 1.68. The van der Waals surface area contributed by atoms with Gasteiger partial charge in [0.05, 0.1) is 0 Å². The van der Waals surface area contributed by atoms with Crippen molar-refractivity contribution in [2.75, 3.05) is 13.1 Å². The molecule has 0 bridgehead atoms. The Morgan fingerprint density at radius 1 is 1.10 bits per heavy atom. The summed E-state index contributed by atoms with van der Waals surface area (Å²) in [6, 6.07) is 15.5. The van der Waals surface area contributed by atoms with E-state index < -0.39 is 0 Å². The molecular formula is C19H25N. The monoisotopic (exact) mass is 267 g/mol. The molecule has 0 spiro atoms. The molecule has 20 heavy (non-hydrogen) atoms. The highest BCUT2D eigenvalue weighted by molar-refractivity contribution is 5.85. The molecule has 0 N–H and O–H groups in total. The molecule has 1 atom stereocenters. The van der Waals surface area contributed by atoms with Crippen LogP contribution < -0.4 is 0 Å². The van der Waals surface area contributed by atoms with Gasteiger partial charge in [-0.2, -0.15) is 0 Å². The van der Waals surface area contributed by atoms with Crippen LogP contribution in [0.3, 0.4) is 0 Å². The summed E-state index contributed by atoms with van der Waals surface area (Å²) >= 11 is 0. The zero-order chi connectivity index (χ0) is 13.9. The molecule has 2 aromatic carbocycles. The van der Waals surface area contributed by atoms with Gasteiger partial charge in [0.25, 0.3) is 0 Å². The van der Waals surface area contributed by atoms with E-state index in [0.717, 1.165) is 18.4 Å². The molecular weight excluding hydrogens is 242 g/mol. The number of nitrogens with zero attached hydrogens (tertiary/aromatic N) is 1. The quantitative estimate of drug-likeness (QED) is 0.778. The highest BCUT2D eigenvalue weighted by atomic mass is 15.1. The standard InChI is InChI=1S/C19H25N/c1-15(2)17-10-6-12-20(13-17)14-18-9-5-8-16-7-3-4-11-19(16)18/h3-5,7-9,11,15,17H,6,10,12-14H2,1-2H3/t17-/m1/s1. The minimum atomic E-state index is 0.810. The summed E-state index contributed by atoms with van der Waals surface area (Å²) in [6.45, 7) is 8.36. The summed E-state index contributed by atoms with van der Waals surface area (Å²) in [6.07, 6.45) is 2.76. The maximum Gasteiger partial charge on any atom is 0.0240 e. The third-order valence-corrected chi connectivity index (χ3v) is 4.76. The Bertz CT molecular complexity index is 567. The molecule has 0 amide bonds. The van der Waals surface area contributed by atoms with Gasteiger partial charge >= 0.3 is 0 Å². The summed E-state index contributed by atoms with van der Waals surface area (Å²) in [7, 11) is 0. The Morgan fingerprint density at radius 3 is 2.75 bits per heavy atom. The van der Waals surface area contributed by atoms with E-state index in [0.29, 0.717) is 0 Å². The lowest BCUT2D eigenvalue weighted by molar-refractivity contribution is 0.139. The number of benzene rings is 2. The van der Waals surface area contributed by atoms with Crippen molar-refractivity contribution in [3.8, 4) is 0 Å². The van der Waals surface area contributed by atoms with Crippen LogP contribution in [0.2, 0.25) is 0 Å². The van der Waals surface area contributed by atoms with Crippen molar-refractivity contribution in [2.24, 2.45) is 11.8 Å². The zero-order valence-electron chi connectivity index (χ0n) is 12.7. The molecule has 0 saturated carbocycles. The fourth-order valence-corrected chi connectivity index (χ4v) is 3.45. The van der Waals surface area contributed by atoms with Crippen molar-refractivity contribution in [3.05, 3.63) is 48.0 Å². The van der Waals surface area contributed by atoms with Crippen LogP contribution in [0.1, 0.15) is 32.3 Å². The Labute approximate surface area is 122 Å². The van der Waals surface area contributed by atoms with Crippen LogP contribution in [-0.4, -0.2) is 18.0 Å². The maximum atomic E-state index is 2.65. The van der Waals surface area contributed by atoms with Crippen molar-refractivity contribution in [3.63, 3.8) is 0 Å². The first kappa shape index (κ1) is 13.6. The van der Waals surface area contributed by atoms with Gasteiger partial charge in [0.1, 0.15) is 0 Å². The van der Waals surface area contributed by atoms with Gasteiger partial charge in [-0.25, -0.2) is 0 Å². The fourth-order valence-electron chi connectivity index (χ4n) is 3.45. The normalized spacial score (nSPS) is 20.6. The minimum absolute atomic E-state index is 0.810. The van der Waals surface area contributed by atoms with Crippen LogP contribution in [-0.2, 0) is 6.54 Å². The van der Waals surface area contributed by atoms with Gasteiger partial charge in [0, 0.05) is 13.1 Å². The van der Waals surface area contributed by atoms with E-state index in [-0.39, 0.29) is 0 Å². The predicted octanol–water partition coefficient (Wildman–Crippen LogP) is 4.71. The second-order valence-electron chi connectivity index (χ2n) is 6.52. The van der Waals surface area contributed by atoms with Crippen molar-refractivity contribution in [2.45, 2.75) is 33.2 Å². The molecule has 0 aromatic heterocycles. The third-order valence-electron chi connectivity index (χ3n) is 4.76. The second-order valence-corrected chi connectivity index (χ2v) is 6.52. The molecule has 1 aliphatic rings. The van der Waals surface area contributed by atoms with Crippen molar-refractivity contribution >= 4 is 10.8 Å². The largest absolute Gasteiger partial charge is 0.299 e. The number of fused-ring (bicyclic) bond motifs is 1.